The van der Waals surface area contributed by atoms with Crippen LogP contribution in [0.15, 0.2) is 30.5 Å². The Morgan fingerprint density at radius 2 is 1.94 bits per heavy atom. The molecule has 83 valence electrons. The maximum Gasteiger partial charge on any atom is 0.0705 e. The van der Waals surface area contributed by atoms with Gasteiger partial charge in [0.25, 0.3) is 0 Å². The number of nitrogens with zero attached hydrogens (tertiary/aromatic N) is 1. The lowest BCUT2D eigenvalue weighted by Gasteiger charge is -2.14. The van der Waals surface area contributed by atoms with E-state index in [-0.39, 0.29) is 0 Å². The summed E-state index contributed by atoms with van der Waals surface area (Å²) in [5.41, 5.74) is 6.72. The molecule has 0 saturated carbocycles. The predicted molar refractivity (Wildman–Crippen MR) is 69.2 cm³/mol. The molecule has 0 amide bonds. The molecule has 1 heteroatoms. The molecule has 1 nitrogen and oxygen atoms in total. The van der Waals surface area contributed by atoms with Crippen molar-refractivity contribution in [3.05, 3.63) is 52.7 Å². The summed E-state index contributed by atoms with van der Waals surface area (Å²) in [6.45, 7) is 6.65. The van der Waals surface area contributed by atoms with Crippen molar-refractivity contribution < 1.29 is 0 Å². The second kappa shape index (κ2) is 4.56. The molecule has 1 aromatic carbocycles. The van der Waals surface area contributed by atoms with Crippen molar-refractivity contribution in [2.75, 3.05) is 0 Å². The molecule has 0 unspecified atom stereocenters. The van der Waals surface area contributed by atoms with Gasteiger partial charge in [-0.25, -0.2) is 0 Å². The van der Waals surface area contributed by atoms with Gasteiger partial charge in [-0.05, 0) is 48.6 Å². The van der Waals surface area contributed by atoms with Crippen molar-refractivity contribution in [2.45, 2.75) is 33.6 Å². The molecule has 16 heavy (non-hydrogen) atoms. The van der Waals surface area contributed by atoms with E-state index in [9.17, 15) is 0 Å². The average Bonchev–Trinajstić information content (AvgIpc) is 2.81. The third-order valence-electron chi connectivity index (χ3n) is 3.26. The molecule has 0 aliphatic carbocycles. The van der Waals surface area contributed by atoms with E-state index in [1.807, 2.05) is 12.3 Å². The van der Waals surface area contributed by atoms with Crippen molar-refractivity contribution >= 4 is 5.70 Å². The minimum atomic E-state index is 1.09. The first-order valence-electron chi connectivity index (χ1n) is 5.97. The highest BCUT2D eigenvalue weighted by atomic mass is 14.9. The highest BCUT2D eigenvalue weighted by Gasteiger charge is 2.12. The quantitative estimate of drug-likeness (QED) is 0.727. The molecule has 0 N–H and O–H groups in total. The van der Waals surface area contributed by atoms with Crippen LogP contribution < -0.4 is 5.32 Å². The minimum absolute atomic E-state index is 1.09. The van der Waals surface area contributed by atoms with Crippen LogP contribution >= 0.6 is 0 Å². The van der Waals surface area contributed by atoms with Crippen molar-refractivity contribution in [3.8, 4) is 0 Å². The molecule has 0 aromatic heterocycles. The molecule has 0 bridgehead atoms. The summed E-state index contributed by atoms with van der Waals surface area (Å²) >= 11 is 0. The van der Waals surface area contributed by atoms with Gasteiger partial charge < -0.3 is 0 Å². The highest BCUT2D eigenvalue weighted by molar-refractivity contribution is 5.72. The number of aryl methyl sites for hydroxylation is 1. The summed E-state index contributed by atoms with van der Waals surface area (Å²) < 4.78 is 0. The Morgan fingerprint density at radius 3 is 2.50 bits per heavy atom. The Morgan fingerprint density at radius 1 is 1.12 bits per heavy atom. The van der Waals surface area contributed by atoms with Crippen LogP contribution in [0.25, 0.3) is 5.70 Å². The van der Waals surface area contributed by atoms with Gasteiger partial charge in [0.1, 0.15) is 0 Å². The fourth-order valence-corrected chi connectivity index (χ4v) is 2.37. The van der Waals surface area contributed by atoms with Crippen LogP contribution in [0.3, 0.4) is 0 Å². The molecule has 2 rings (SSSR count). The van der Waals surface area contributed by atoms with Crippen molar-refractivity contribution in [3.63, 3.8) is 0 Å². The second-order valence-electron chi connectivity index (χ2n) is 4.11. The van der Waals surface area contributed by atoms with Crippen LogP contribution in [0, 0.1) is 6.92 Å². The van der Waals surface area contributed by atoms with Gasteiger partial charge in [0, 0.05) is 11.8 Å². The molecule has 1 radical (unpaired) electrons. The maximum atomic E-state index is 4.38. The molecule has 0 atom stereocenters. The fraction of sp³-hybridized carbons (Fsp3) is 0.333. The molecule has 1 aliphatic heterocycles. The van der Waals surface area contributed by atoms with Gasteiger partial charge in [-0.1, -0.05) is 26.0 Å². The van der Waals surface area contributed by atoms with Crippen molar-refractivity contribution in [1.29, 1.82) is 0 Å². The zero-order valence-corrected chi connectivity index (χ0v) is 10.2. The van der Waals surface area contributed by atoms with Crippen LogP contribution in [0.5, 0.6) is 0 Å². The molecular formula is C15H18N. The lowest BCUT2D eigenvalue weighted by Crippen LogP contribution is -2.02. The molecule has 1 aromatic rings. The lowest BCUT2D eigenvalue weighted by molar-refractivity contribution is 1.01. The first kappa shape index (κ1) is 11.0. The zero-order chi connectivity index (χ0) is 11.5. The zero-order valence-electron chi connectivity index (χ0n) is 10.2. The summed E-state index contributed by atoms with van der Waals surface area (Å²) in [7, 11) is 0. The Labute approximate surface area is 97.9 Å². The summed E-state index contributed by atoms with van der Waals surface area (Å²) in [6.07, 6.45) is 8.14. The van der Waals surface area contributed by atoms with Crippen LogP contribution in [-0.4, -0.2) is 0 Å². The lowest BCUT2D eigenvalue weighted by atomic mass is 9.92. The average molecular weight is 212 g/mol. The van der Waals surface area contributed by atoms with E-state index in [2.05, 4.69) is 44.3 Å². The summed E-state index contributed by atoms with van der Waals surface area (Å²) in [6, 6.07) is 4.45. The maximum absolute atomic E-state index is 4.38. The van der Waals surface area contributed by atoms with E-state index < -0.39 is 0 Å². The minimum Gasteiger partial charge on any atom is -0.256 e. The van der Waals surface area contributed by atoms with Crippen LogP contribution in [0.1, 0.15) is 36.1 Å². The molecule has 0 spiro atoms. The number of allylic oxidation sites excluding steroid dienone is 2. The molecule has 1 aliphatic rings. The Balaban J connectivity index is 2.48. The fourth-order valence-electron chi connectivity index (χ4n) is 2.37. The predicted octanol–water partition coefficient (Wildman–Crippen LogP) is 3.59. The van der Waals surface area contributed by atoms with Gasteiger partial charge >= 0.3 is 0 Å². The van der Waals surface area contributed by atoms with Gasteiger partial charge in [-0.2, -0.15) is 0 Å². The SMILES string of the molecule is CCc1ccc(C2=CC=C[N]2)c(C)c1CC. The molecule has 1 heterocycles. The van der Waals surface area contributed by atoms with Gasteiger partial charge in [0.05, 0.1) is 5.70 Å². The largest absolute Gasteiger partial charge is 0.256 e. The topological polar surface area (TPSA) is 14.1 Å². The Kier molecular flexibility index (Phi) is 3.14. The summed E-state index contributed by atoms with van der Waals surface area (Å²) in [5.74, 6) is 0. The highest BCUT2D eigenvalue weighted by Crippen LogP contribution is 2.26. The summed E-state index contributed by atoms with van der Waals surface area (Å²) in [4.78, 5) is 0. The Hall–Kier alpha value is -1.50. The van der Waals surface area contributed by atoms with E-state index in [0.717, 1.165) is 18.5 Å². The second-order valence-corrected chi connectivity index (χ2v) is 4.11. The van der Waals surface area contributed by atoms with Gasteiger partial charge in [0.2, 0.25) is 0 Å². The monoisotopic (exact) mass is 212 g/mol. The normalized spacial score (nSPS) is 13.8. The van der Waals surface area contributed by atoms with Crippen LogP contribution in [0.2, 0.25) is 0 Å². The van der Waals surface area contributed by atoms with Gasteiger partial charge in [0.15, 0.2) is 0 Å². The van der Waals surface area contributed by atoms with Gasteiger partial charge in [-0.15, -0.1) is 0 Å². The van der Waals surface area contributed by atoms with Crippen LogP contribution in [-0.2, 0) is 12.8 Å². The third-order valence-corrected chi connectivity index (χ3v) is 3.26. The molecule has 0 fully saturated rings. The number of benzene rings is 1. The number of rotatable bonds is 3. The third kappa shape index (κ3) is 1.78. The smallest absolute Gasteiger partial charge is 0.0705 e. The number of hydrogen-bond acceptors (Lipinski definition) is 0. The first-order valence-corrected chi connectivity index (χ1v) is 5.97. The van der Waals surface area contributed by atoms with E-state index in [1.54, 1.807) is 0 Å². The molecular weight excluding hydrogens is 194 g/mol. The van der Waals surface area contributed by atoms with E-state index in [1.165, 1.54) is 22.3 Å². The number of hydrogen-bond donors (Lipinski definition) is 0. The van der Waals surface area contributed by atoms with E-state index >= 15 is 0 Å². The standard InChI is InChI=1S/C15H18N/c1-4-12-8-9-14(11(3)13(12)5-2)15-7-6-10-16-15/h6-10H,4-5H2,1-3H3. The van der Waals surface area contributed by atoms with E-state index in [4.69, 9.17) is 0 Å². The first-order chi connectivity index (χ1) is 7.77. The van der Waals surface area contributed by atoms with Crippen molar-refractivity contribution in [1.82, 2.24) is 5.32 Å². The van der Waals surface area contributed by atoms with Crippen LogP contribution in [0.4, 0.5) is 0 Å². The van der Waals surface area contributed by atoms with Crippen molar-refractivity contribution in [2.24, 2.45) is 0 Å². The summed E-state index contributed by atoms with van der Waals surface area (Å²) in [5, 5.41) is 4.38. The van der Waals surface area contributed by atoms with E-state index in [0.29, 0.717) is 0 Å². The van der Waals surface area contributed by atoms with Gasteiger partial charge in [-0.3, -0.25) is 5.32 Å². The Bertz CT molecular complexity index is 453. The molecule has 0 saturated heterocycles.